The second-order valence-electron chi connectivity index (χ2n) is 9.76. The van der Waals surface area contributed by atoms with E-state index in [4.69, 9.17) is 27.9 Å². The Hall–Kier alpha value is -3.02. The van der Waals surface area contributed by atoms with Gasteiger partial charge in [0, 0.05) is 29.1 Å². The topological polar surface area (TPSA) is 58.6 Å². The van der Waals surface area contributed by atoms with E-state index in [9.17, 15) is 9.59 Å². The van der Waals surface area contributed by atoms with Crippen LogP contribution in [-0.2, 0) is 22.6 Å². The van der Waals surface area contributed by atoms with E-state index >= 15 is 0 Å². The number of carbonyl (C=O) groups excluding carboxylic acids is 2. The molecule has 2 amide bonds. The zero-order valence-electron chi connectivity index (χ0n) is 22.4. The summed E-state index contributed by atoms with van der Waals surface area (Å²) in [6, 6.07) is 21.7. The first kappa shape index (κ1) is 29.5. The summed E-state index contributed by atoms with van der Waals surface area (Å²) in [7, 11) is 0. The number of carbonyl (C=O) groups is 2. The molecule has 0 aliphatic heterocycles. The predicted molar refractivity (Wildman–Crippen MR) is 155 cm³/mol. The molecule has 0 aliphatic carbocycles. The van der Waals surface area contributed by atoms with E-state index in [1.165, 1.54) is 0 Å². The number of para-hydroxylation sites is 1. The van der Waals surface area contributed by atoms with Crippen LogP contribution in [0.4, 0.5) is 0 Å². The lowest BCUT2D eigenvalue weighted by Crippen LogP contribution is -2.53. The van der Waals surface area contributed by atoms with Crippen molar-refractivity contribution < 1.29 is 14.3 Å². The normalized spacial score (nSPS) is 12.6. The predicted octanol–water partition coefficient (Wildman–Crippen LogP) is 7.05. The Morgan fingerprint density at radius 3 is 2.29 bits per heavy atom. The van der Waals surface area contributed by atoms with Crippen molar-refractivity contribution in [3.63, 3.8) is 0 Å². The first-order valence-electron chi connectivity index (χ1n) is 13.0. The van der Waals surface area contributed by atoms with Gasteiger partial charge in [0.2, 0.25) is 5.91 Å². The SMILES string of the molecule is CC[C@H](C)NC(=O)[C@@H](Cc1ccccc1)N(Cc1ccc(Cl)cc1Cl)C(=O)COc1ccccc1C(C)C. The van der Waals surface area contributed by atoms with E-state index in [1.54, 1.807) is 23.1 Å². The summed E-state index contributed by atoms with van der Waals surface area (Å²) >= 11 is 12.6. The van der Waals surface area contributed by atoms with Gasteiger partial charge in [-0.15, -0.1) is 0 Å². The number of rotatable bonds is 12. The Morgan fingerprint density at radius 2 is 1.63 bits per heavy atom. The molecule has 3 rings (SSSR count). The van der Waals surface area contributed by atoms with E-state index in [-0.39, 0.29) is 36.9 Å². The molecular weight excluding hydrogens is 519 g/mol. The third-order valence-electron chi connectivity index (χ3n) is 6.52. The minimum atomic E-state index is -0.769. The van der Waals surface area contributed by atoms with Crippen molar-refractivity contribution in [1.29, 1.82) is 0 Å². The van der Waals surface area contributed by atoms with Gasteiger partial charge in [-0.3, -0.25) is 9.59 Å². The van der Waals surface area contributed by atoms with E-state index in [1.807, 2.05) is 68.4 Å². The van der Waals surface area contributed by atoms with Gasteiger partial charge in [-0.25, -0.2) is 0 Å². The maximum Gasteiger partial charge on any atom is 0.261 e. The Morgan fingerprint density at radius 1 is 0.947 bits per heavy atom. The molecule has 0 saturated carbocycles. The van der Waals surface area contributed by atoms with Crippen LogP contribution in [0, 0.1) is 0 Å². The van der Waals surface area contributed by atoms with Crippen molar-refractivity contribution in [2.24, 2.45) is 0 Å². The highest BCUT2D eigenvalue weighted by molar-refractivity contribution is 6.35. The number of nitrogens with zero attached hydrogens (tertiary/aromatic N) is 1. The van der Waals surface area contributed by atoms with Crippen LogP contribution < -0.4 is 10.1 Å². The molecule has 3 aromatic rings. The molecular formula is C31H36Cl2N2O3. The second-order valence-corrected chi connectivity index (χ2v) is 10.6. The van der Waals surface area contributed by atoms with Crippen LogP contribution in [0.25, 0.3) is 0 Å². The largest absolute Gasteiger partial charge is 0.483 e. The first-order chi connectivity index (χ1) is 18.2. The second kappa shape index (κ2) is 14.2. The molecule has 202 valence electrons. The molecule has 38 heavy (non-hydrogen) atoms. The molecule has 0 spiro atoms. The molecule has 5 nitrogen and oxygen atoms in total. The zero-order valence-corrected chi connectivity index (χ0v) is 23.9. The summed E-state index contributed by atoms with van der Waals surface area (Å²) < 4.78 is 6.03. The summed E-state index contributed by atoms with van der Waals surface area (Å²) in [5, 5.41) is 4.00. The van der Waals surface area contributed by atoms with Crippen LogP contribution in [-0.4, -0.2) is 35.4 Å². The van der Waals surface area contributed by atoms with Crippen molar-refractivity contribution in [1.82, 2.24) is 10.2 Å². The van der Waals surface area contributed by atoms with E-state index < -0.39 is 6.04 Å². The average Bonchev–Trinajstić information content (AvgIpc) is 2.90. The maximum absolute atomic E-state index is 13.8. The first-order valence-corrected chi connectivity index (χ1v) is 13.7. The molecule has 0 radical (unpaired) electrons. The lowest BCUT2D eigenvalue weighted by molar-refractivity contribution is -0.143. The van der Waals surface area contributed by atoms with Crippen molar-refractivity contribution in [2.75, 3.05) is 6.61 Å². The van der Waals surface area contributed by atoms with Crippen LogP contribution in [0.15, 0.2) is 72.8 Å². The summed E-state index contributed by atoms with van der Waals surface area (Å²) in [5.74, 6) is 0.362. The van der Waals surface area contributed by atoms with Gasteiger partial charge in [-0.1, -0.05) is 98.6 Å². The van der Waals surface area contributed by atoms with E-state index in [2.05, 4.69) is 19.2 Å². The monoisotopic (exact) mass is 554 g/mol. The van der Waals surface area contributed by atoms with Gasteiger partial charge < -0.3 is 15.0 Å². The Balaban J connectivity index is 1.97. The quantitative estimate of drug-likeness (QED) is 0.261. The smallest absolute Gasteiger partial charge is 0.261 e. The minimum absolute atomic E-state index is 0.0361. The molecule has 1 N–H and O–H groups in total. The van der Waals surface area contributed by atoms with Gasteiger partial charge in [0.05, 0.1) is 0 Å². The molecule has 0 aliphatic rings. The van der Waals surface area contributed by atoms with Gasteiger partial charge in [0.1, 0.15) is 11.8 Å². The fourth-order valence-corrected chi connectivity index (χ4v) is 4.61. The number of benzene rings is 3. The third-order valence-corrected chi connectivity index (χ3v) is 7.11. The zero-order chi connectivity index (χ0) is 27.7. The molecule has 0 heterocycles. The third kappa shape index (κ3) is 8.24. The van der Waals surface area contributed by atoms with Crippen molar-refractivity contribution in [2.45, 2.75) is 65.1 Å². The molecule has 0 aromatic heterocycles. The standard InChI is InChI=1S/C31H36Cl2N2O3/c1-5-22(4)34-31(37)28(17-23-11-7-6-8-12-23)35(19-24-15-16-25(32)18-27(24)33)30(36)20-38-29-14-10-9-13-26(29)21(2)3/h6-16,18,21-22,28H,5,17,19-20H2,1-4H3,(H,34,37)/t22-,28+/m0/s1. The molecule has 0 bridgehead atoms. The lowest BCUT2D eigenvalue weighted by atomic mass is 10.0. The summed E-state index contributed by atoms with van der Waals surface area (Å²) in [6.07, 6.45) is 1.12. The van der Waals surface area contributed by atoms with Crippen LogP contribution >= 0.6 is 23.2 Å². The molecule has 0 saturated heterocycles. The van der Waals surface area contributed by atoms with Crippen molar-refractivity contribution >= 4 is 35.0 Å². The van der Waals surface area contributed by atoms with Crippen molar-refractivity contribution in [3.05, 3.63) is 99.5 Å². The average molecular weight is 556 g/mol. The number of nitrogens with one attached hydrogen (secondary N) is 1. The van der Waals surface area contributed by atoms with E-state index in [0.717, 1.165) is 17.5 Å². The highest BCUT2D eigenvalue weighted by Crippen LogP contribution is 2.27. The Labute approximate surface area is 236 Å². The number of halogens is 2. The van der Waals surface area contributed by atoms with Gasteiger partial charge >= 0.3 is 0 Å². The molecule has 0 unspecified atom stereocenters. The van der Waals surface area contributed by atoms with E-state index in [0.29, 0.717) is 27.8 Å². The van der Waals surface area contributed by atoms with Gasteiger partial charge in [0.25, 0.3) is 5.91 Å². The summed E-state index contributed by atoms with van der Waals surface area (Å²) in [5.41, 5.74) is 2.66. The molecule has 0 fully saturated rings. The Bertz CT molecular complexity index is 1220. The number of ether oxygens (including phenoxy) is 1. The number of amides is 2. The fraction of sp³-hybridized carbons (Fsp3) is 0.355. The van der Waals surface area contributed by atoms with Gasteiger partial charge in [0.15, 0.2) is 6.61 Å². The minimum Gasteiger partial charge on any atom is -0.483 e. The maximum atomic E-state index is 13.8. The van der Waals surface area contributed by atoms with Gasteiger partial charge in [-0.05, 0) is 54.2 Å². The van der Waals surface area contributed by atoms with Crippen LogP contribution in [0.5, 0.6) is 5.75 Å². The van der Waals surface area contributed by atoms with Gasteiger partial charge in [-0.2, -0.15) is 0 Å². The fourth-order valence-electron chi connectivity index (χ4n) is 4.14. The summed E-state index contributed by atoms with van der Waals surface area (Å²) in [4.78, 5) is 29.0. The Kier molecular flexibility index (Phi) is 11.1. The number of hydrogen-bond donors (Lipinski definition) is 1. The molecule has 2 atom stereocenters. The van der Waals surface area contributed by atoms with Crippen LogP contribution in [0.1, 0.15) is 56.7 Å². The summed E-state index contributed by atoms with van der Waals surface area (Å²) in [6.45, 7) is 8.04. The number of hydrogen-bond acceptors (Lipinski definition) is 3. The highest BCUT2D eigenvalue weighted by Gasteiger charge is 2.32. The lowest BCUT2D eigenvalue weighted by Gasteiger charge is -2.32. The molecule has 3 aromatic carbocycles. The van der Waals surface area contributed by atoms with Crippen LogP contribution in [0.2, 0.25) is 10.0 Å². The van der Waals surface area contributed by atoms with Crippen molar-refractivity contribution in [3.8, 4) is 5.75 Å². The highest BCUT2D eigenvalue weighted by atomic mass is 35.5. The molecule has 7 heteroatoms. The van der Waals surface area contributed by atoms with Crippen LogP contribution in [0.3, 0.4) is 0 Å².